The molecule has 0 bridgehead atoms. The van der Waals surface area contributed by atoms with Crippen LogP contribution in [0.25, 0.3) is 33.0 Å². The molecule has 0 spiro atoms. The first kappa shape index (κ1) is 15.2. The Morgan fingerprint density at radius 3 is 2.77 bits per heavy atom. The number of benzene rings is 2. The number of hydrogen-bond acceptors (Lipinski definition) is 5. The van der Waals surface area contributed by atoms with Gasteiger partial charge in [-0.3, -0.25) is 5.10 Å². The summed E-state index contributed by atoms with van der Waals surface area (Å²) in [5, 5.41) is 12.2. The number of anilines is 1. The van der Waals surface area contributed by atoms with E-state index in [1.807, 2.05) is 36.4 Å². The van der Waals surface area contributed by atoms with Crippen LogP contribution in [0.15, 0.2) is 57.9 Å². The third-order valence-corrected chi connectivity index (χ3v) is 4.95. The lowest BCUT2D eigenvalue weighted by molar-refractivity contribution is 0.562. The van der Waals surface area contributed by atoms with Gasteiger partial charge in [-0.25, -0.2) is 4.79 Å². The van der Waals surface area contributed by atoms with Crippen LogP contribution in [-0.2, 0) is 0 Å². The Bertz CT molecular complexity index is 1160. The van der Waals surface area contributed by atoms with E-state index in [2.05, 4.69) is 26.5 Å². The minimum absolute atomic E-state index is 0.321. The lowest BCUT2D eigenvalue weighted by Crippen LogP contribution is -2.43. The van der Waals surface area contributed by atoms with Crippen molar-refractivity contribution in [2.45, 2.75) is 0 Å². The lowest BCUT2D eigenvalue weighted by atomic mass is 10.0. The largest absolute Gasteiger partial charge is 0.422 e. The molecule has 0 aliphatic carbocycles. The first-order chi connectivity index (χ1) is 12.8. The average molecular weight is 346 g/mol. The van der Waals surface area contributed by atoms with E-state index in [0.29, 0.717) is 11.1 Å². The molecular weight excluding hydrogens is 328 g/mol. The number of nitrogens with one attached hydrogen (secondary N) is 2. The van der Waals surface area contributed by atoms with Crippen LogP contribution in [0.2, 0.25) is 0 Å². The highest BCUT2D eigenvalue weighted by atomic mass is 16.4. The van der Waals surface area contributed by atoms with E-state index >= 15 is 0 Å². The molecule has 1 saturated heterocycles. The maximum Gasteiger partial charge on any atom is 0.344 e. The van der Waals surface area contributed by atoms with E-state index < -0.39 is 0 Å². The highest BCUT2D eigenvalue weighted by molar-refractivity contribution is 5.88. The zero-order valence-electron chi connectivity index (χ0n) is 14.2. The van der Waals surface area contributed by atoms with Gasteiger partial charge >= 0.3 is 5.63 Å². The summed E-state index contributed by atoms with van der Waals surface area (Å²) < 4.78 is 5.65. The normalized spacial score (nSPS) is 15.0. The van der Waals surface area contributed by atoms with E-state index in [1.54, 1.807) is 6.20 Å². The van der Waals surface area contributed by atoms with Crippen LogP contribution < -0.4 is 15.8 Å². The number of H-pyrrole nitrogens is 1. The van der Waals surface area contributed by atoms with Gasteiger partial charge in [-0.1, -0.05) is 6.07 Å². The van der Waals surface area contributed by atoms with Crippen molar-refractivity contribution in [3.05, 3.63) is 59.1 Å². The minimum Gasteiger partial charge on any atom is -0.422 e. The fourth-order valence-corrected chi connectivity index (χ4v) is 3.53. The summed E-state index contributed by atoms with van der Waals surface area (Å²) in [6.45, 7) is 3.85. The van der Waals surface area contributed by atoms with Crippen LogP contribution in [-0.4, -0.2) is 36.4 Å². The fourth-order valence-electron chi connectivity index (χ4n) is 3.53. The zero-order valence-corrected chi connectivity index (χ0v) is 14.2. The Hall–Kier alpha value is -3.12. The summed E-state index contributed by atoms with van der Waals surface area (Å²) in [5.41, 5.74) is 3.74. The van der Waals surface area contributed by atoms with Crippen molar-refractivity contribution in [1.29, 1.82) is 0 Å². The van der Waals surface area contributed by atoms with Gasteiger partial charge in [0, 0.05) is 48.7 Å². The summed E-state index contributed by atoms with van der Waals surface area (Å²) in [4.78, 5) is 14.9. The number of hydrogen-bond donors (Lipinski definition) is 2. The average Bonchev–Trinajstić information content (AvgIpc) is 3.15. The van der Waals surface area contributed by atoms with Gasteiger partial charge in [0.05, 0.1) is 17.3 Å². The predicted molar refractivity (Wildman–Crippen MR) is 103 cm³/mol. The fraction of sp³-hybridized carbons (Fsp3) is 0.200. The second kappa shape index (κ2) is 6.00. The molecule has 1 fully saturated rings. The molecule has 0 amide bonds. The highest BCUT2D eigenvalue weighted by Crippen LogP contribution is 2.26. The molecule has 2 aromatic heterocycles. The van der Waals surface area contributed by atoms with Gasteiger partial charge in [-0.05, 0) is 35.9 Å². The summed E-state index contributed by atoms with van der Waals surface area (Å²) in [6.07, 6.45) is 1.75. The topological polar surface area (TPSA) is 74.2 Å². The number of aromatic amines is 1. The predicted octanol–water partition coefficient (Wildman–Crippen LogP) is 2.75. The van der Waals surface area contributed by atoms with Crippen molar-refractivity contribution in [1.82, 2.24) is 15.5 Å². The van der Waals surface area contributed by atoms with Crippen LogP contribution in [0.1, 0.15) is 0 Å². The summed E-state index contributed by atoms with van der Waals surface area (Å²) in [5.74, 6) is 0. The third-order valence-electron chi connectivity index (χ3n) is 4.95. The van der Waals surface area contributed by atoms with Crippen LogP contribution in [0, 0.1) is 0 Å². The smallest absolute Gasteiger partial charge is 0.344 e. The van der Waals surface area contributed by atoms with Gasteiger partial charge in [-0.15, -0.1) is 0 Å². The van der Waals surface area contributed by atoms with Gasteiger partial charge in [0.2, 0.25) is 0 Å². The summed E-state index contributed by atoms with van der Waals surface area (Å²) in [7, 11) is 0. The molecule has 1 aliphatic heterocycles. The highest BCUT2D eigenvalue weighted by Gasteiger charge is 2.13. The van der Waals surface area contributed by atoms with Crippen molar-refractivity contribution >= 4 is 27.6 Å². The molecule has 130 valence electrons. The molecule has 2 aromatic carbocycles. The molecule has 4 aromatic rings. The number of aromatic nitrogens is 2. The maximum atomic E-state index is 12.6. The van der Waals surface area contributed by atoms with Crippen molar-refractivity contribution in [3.8, 4) is 11.1 Å². The number of rotatable bonds is 2. The molecule has 2 N–H and O–H groups in total. The number of nitrogens with zero attached hydrogens (tertiary/aromatic N) is 2. The molecule has 0 radical (unpaired) electrons. The Labute approximate surface area is 149 Å². The third kappa shape index (κ3) is 2.55. The minimum atomic E-state index is -0.321. The van der Waals surface area contributed by atoms with Crippen molar-refractivity contribution in [2.75, 3.05) is 31.1 Å². The standard InChI is InChI=1S/C20H18N4O2/c25-20-17(13-2-4-18-15(9-13)12-22-23-18)10-14-1-3-16(11-19(14)26-20)24-7-5-21-6-8-24/h1-4,9-12,21H,5-8H2,(H,22,23). The number of piperazine rings is 1. The monoisotopic (exact) mass is 346 g/mol. The lowest BCUT2D eigenvalue weighted by Gasteiger charge is -2.29. The molecule has 6 nitrogen and oxygen atoms in total. The molecule has 0 atom stereocenters. The molecule has 26 heavy (non-hydrogen) atoms. The van der Waals surface area contributed by atoms with E-state index in [9.17, 15) is 4.79 Å². The molecule has 0 unspecified atom stereocenters. The molecule has 1 aliphatic rings. The van der Waals surface area contributed by atoms with Gasteiger partial charge in [-0.2, -0.15) is 5.10 Å². The zero-order chi connectivity index (χ0) is 17.5. The van der Waals surface area contributed by atoms with Crippen molar-refractivity contribution in [2.24, 2.45) is 0 Å². The van der Waals surface area contributed by atoms with Gasteiger partial charge < -0.3 is 14.6 Å². The molecule has 6 heteroatoms. The SMILES string of the molecule is O=c1oc2cc(N3CCNCC3)ccc2cc1-c1ccc2[nH]ncc2c1. The van der Waals surface area contributed by atoms with E-state index in [0.717, 1.165) is 53.7 Å². The molecule has 3 heterocycles. The first-order valence-electron chi connectivity index (χ1n) is 8.75. The molecule has 5 rings (SSSR count). The number of fused-ring (bicyclic) bond motifs is 2. The second-order valence-corrected chi connectivity index (χ2v) is 6.58. The van der Waals surface area contributed by atoms with Crippen molar-refractivity contribution in [3.63, 3.8) is 0 Å². The van der Waals surface area contributed by atoms with Crippen LogP contribution in [0.4, 0.5) is 5.69 Å². The quantitative estimate of drug-likeness (QED) is 0.546. The van der Waals surface area contributed by atoms with E-state index in [1.165, 1.54) is 0 Å². The summed E-state index contributed by atoms with van der Waals surface area (Å²) >= 11 is 0. The van der Waals surface area contributed by atoms with Gasteiger partial charge in [0.15, 0.2) is 0 Å². The Morgan fingerprint density at radius 2 is 1.88 bits per heavy atom. The maximum absolute atomic E-state index is 12.6. The Kier molecular flexibility index (Phi) is 3.50. The van der Waals surface area contributed by atoms with Gasteiger partial charge in [0.1, 0.15) is 5.58 Å². The van der Waals surface area contributed by atoms with E-state index in [4.69, 9.17) is 4.42 Å². The Balaban J connectivity index is 1.59. The van der Waals surface area contributed by atoms with Crippen molar-refractivity contribution < 1.29 is 4.42 Å². The molecular formula is C20H18N4O2. The summed E-state index contributed by atoms with van der Waals surface area (Å²) in [6, 6.07) is 13.8. The van der Waals surface area contributed by atoms with Crippen LogP contribution in [0.5, 0.6) is 0 Å². The molecule has 0 saturated carbocycles. The van der Waals surface area contributed by atoms with Gasteiger partial charge in [0.25, 0.3) is 0 Å². The van der Waals surface area contributed by atoms with Crippen LogP contribution >= 0.6 is 0 Å². The van der Waals surface area contributed by atoms with E-state index in [-0.39, 0.29) is 5.63 Å². The second-order valence-electron chi connectivity index (χ2n) is 6.58. The van der Waals surface area contributed by atoms with Crippen LogP contribution in [0.3, 0.4) is 0 Å². The first-order valence-corrected chi connectivity index (χ1v) is 8.75. The Morgan fingerprint density at radius 1 is 1.00 bits per heavy atom.